The zero-order valence-electron chi connectivity index (χ0n) is 8.17. The van der Waals surface area contributed by atoms with Crippen LogP contribution in [0.1, 0.15) is 5.69 Å². The minimum absolute atomic E-state index is 0.665. The Morgan fingerprint density at radius 1 is 1.20 bits per heavy atom. The van der Waals surface area contributed by atoms with Crippen molar-refractivity contribution in [1.82, 2.24) is 4.98 Å². The first-order chi connectivity index (χ1) is 7.18. The van der Waals surface area contributed by atoms with Gasteiger partial charge in [-0.3, -0.25) is 4.98 Å². The highest BCUT2D eigenvalue weighted by atomic mass is 79.9. The molecule has 0 fully saturated rings. The summed E-state index contributed by atoms with van der Waals surface area (Å²) in [6.45, 7) is 1.95. The average molecular weight is 283 g/mol. The quantitative estimate of drug-likeness (QED) is 0.752. The van der Waals surface area contributed by atoms with Crippen LogP contribution in [0.2, 0.25) is 5.02 Å². The van der Waals surface area contributed by atoms with Gasteiger partial charge in [-0.2, -0.15) is 0 Å². The molecule has 0 N–H and O–H groups in total. The number of nitrogens with zero attached hydrogens (tertiary/aromatic N) is 1. The Labute approximate surface area is 102 Å². The minimum atomic E-state index is 0.665. The second-order valence-electron chi connectivity index (χ2n) is 3.25. The molecule has 1 aromatic heterocycles. The number of rotatable bonds is 1. The van der Waals surface area contributed by atoms with Gasteiger partial charge >= 0.3 is 0 Å². The predicted molar refractivity (Wildman–Crippen MR) is 67.1 cm³/mol. The van der Waals surface area contributed by atoms with Crippen molar-refractivity contribution in [3.05, 3.63) is 51.6 Å². The van der Waals surface area contributed by atoms with Crippen LogP contribution in [0.4, 0.5) is 0 Å². The summed E-state index contributed by atoms with van der Waals surface area (Å²) in [5.41, 5.74) is 2.81. The average Bonchev–Trinajstić information content (AvgIpc) is 2.25. The van der Waals surface area contributed by atoms with Gasteiger partial charge in [0.2, 0.25) is 0 Å². The fraction of sp³-hybridized carbons (Fsp3) is 0.0833. The number of pyridine rings is 1. The highest BCUT2D eigenvalue weighted by Crippen LogP contribution is 2.29. The molecule has 0 radical (unpaired) electrons. The molecule has 0 aliphatic rings. The largest absolute Gasteiger partial charge is 0.250 e. The monoisotopic (exact) mass is 281 g/mol. The van der Waals surface area contributed by atoms with E-state index in [9.17, 15) is 0 Å². The number of aromatic nitrogens is 1. The maximum atomic E-state index is 6.14. The fourth-order valence-electron chi connectivity index (χ4n) is 1.36. The lowest BCUT2D eigenvalue weighted by atomic mass is 10.1. The van der Waals surface area contributed by atoms with Crippen LogP contribution in [0.3, 0.4) is 0 Å². The first-order valence-corrected chi connectivity index (χ1v) is 5.73. The third-order valence-electron chi connectivity index (χ3n) is 2.15. The number of aryl methyl sites for hydroxylation is 1. The summed E-state index contributed by atoms with van der Waals surface area (Å²) in [5.74, 6) is 0. The number of hydrogen-bond acceptors (Lipinski definition) is 1. The van der Waals surface area contributed by atoms with Crippen LogP contribution >= 0.6 is 27.5 Å². The molecule has 0 unspecified atom stereocenters. The Morgan fingerprint density at radius 3 is 2.53 bits per heavy atom. The van der Waals surface area contributed by atoms with Crippen molar-refractivity contribution in [3.63, 3.8) is 0 Å². The van der Waals surface area contributed by atoms with Crippen molar-refractivity contribution in [2.45, 2.75) is 6.92 Å². The molecule has 2 rings (SSSR count). The maximum Gasteiger partial charge on any atom is 0.0892 e. The van der Waals surface area contributed by atoms with E-state index in [4.69, 9.17) is 11.6 Å². The number of halogens is 2. The molecule has 1 heterocycles. The highest BCUT2D eigenvalue weighted by molar-refractivity contribution is 9.10. The molecule has 0 saturated heterocycles. The van der Waals surface area contributed by atoms with Crippen molar-refractivity contribution >= 4 is 27.5 Å². The van der Waals surface area contributed by atoms with E-state index in [0.717, 1.165) is 21.4 Å². The van der Waals surface area contributed by atoms with E-state index in [-0.39, 0.29) is 0 Å². The van der Waals surface area contributed by atoms with Crippen LogP contribution < -0.4 is 0 Å². The van der Waals surface area contributed by atoms with Gasteiger partial charge in [-0.25, -0.2) is 0 Å². The van der Waals surface area contributed by atoms with Gasteiger partial charge in [0.1, 0.15) is 0 Å². The zero-order chi connectivity index (χ0) is 10.8. The smallest absolute Gasteiger partial charge is 0.0892 e. The predicted octanol–water partition coefficient (Wildman–Crippen LogP) is 4.47. The van der Waals surface area contributed by atoms with Crippen molar-refractivity contribution in [1.29, 1.82) is 0 Å². The van der Waals surface area contributed by atoms with Crippen LogP contribution in [0.5, 0.6) is 0 Å². The normalized spacial score (nSPS) is 10.3. The Kier molecular flexibility index (Phi) is 3.08. The van der Waals surface area contributed by atoms with Crippen LogP contribution in [-0.2, 0) is 0 Å². The van der Waals surface area contributed by atoms with Gasteiger partial charge in [0.05, 0.1) is 16.4 Å². The summed E-state index contributed by atoms with van der Waals surface area (Å²) in [7, 11) is 0. The van der Waals surface area contributed by atoms with E-state index < -0.39 is 0 Å². The Hall–Kier alpha value is -0.860. The van der Waals surface area contributed by atoms with E-state index in [0.29, 0.717) is 5.02 Å². The Balaban J connectivity index is 2.59. The van der Waals surface area contributed by atoms with Gasteiger partial charge in [-0.05, 0) is 28.9 Å². The lowest BCUT2D eigenvalue weighted by molar-refractivity contribution is 1.18. The second-order valence-corrected chi connectivity index (χ2v) is 4.51. The molecule has 0 amide bonds. The molecule has 76 valence electrons. The van der Waals surface area contributed by atoms with Crippen LogP contribution in [-0.4, -0.2) is 4.98 Å². The minimum Gasteiger partial charge on any atom is -0.250 e. The van der Waals surface area contributed by atoms with Gasteiger partial charge in [-0.1, -0.05) is 41.9 Å². The van der Waals surface area contributed by atoms with Gasteiger partial charge < -0.3 is 0 Å². The molecular weight excluding hydrogens is 273 g/mol. The highest BCUT2D eigenvalue weighted by Gasteiger charge is 2.07. The van der Waals surface area contributed by atoms with Gasteiger partial charge in [0.25, 0.3) is 0 Å². The molecule has 0 aliphatic heterocycles. The van der Waals surface area contributed by atoms with Crippen molar-refractivity contribution < 1.29 is 0 Å². The molecule has 3 heteroatoms. The summed E-state index contributed by atoms with van der Waals surface area (Å²) in [4.78, 5) is 4.46. The SMILES string of the molecule is Cc1nc(-c2ccccc2)c(Cl)cc1Br. The summed E-state index contributed by atoms with van der Waals surface area (Å²) < 4.78 is 0.937. The van der Waals surface area contributed by atoms with E-state index >= 15 is 0 Å². The molecule has 1 aromatic carbocycles. The number of benzene rings is 1. The molecule has 0 aliphatic carbocycles. The van der Waals surface area contributed by atoms with Gasteiger partial charge in [-0.15, -0.1) is 0 Å². The molecular formula is C12H9BrClN. The van der Waals surface area contributed by atoms with E-state index in [2.05, 4.69) is 20.9 Å². The lowest BCUT2D eigenvalue weighted by Crippen LogP contribution is -1.89. The second kappa shape index (κ2) is 4.33. The van der Waals surface area contributed by atoms with Crippen molar-refractivity contribution in [2.24, 2.45) is 0 Å². The summed E-state index contributed by atoms with van der Waals surface area (Å²) in [6.07, 6.45) is 0. The van der Waals surface area contributed by atoms with Crippen LogP contribution in [0.15, 0.2) is 40.9 Å². The molecule has 0 bridgehead atoms. The van der Waals surface area contributed by atoms with Gasteiger partial charge in [0, 0.05) is 10.0 Å². The van der Waals surface area contributed by atoms with E-state index in [1.165, 1.54) is 0 Å². The molecule has 0 atom stereocenters. The Morgan fingerprint density at radius 2 is 1.87 bits per heavy atom. The Bertz CT molecular complexity index is 482. The first-order valence-electron chi connectivity index (χ1n) is 4.56. The first kappa shape index (κ1) is 10.7. The molecule has 15 heavy (non-hydrogen) atoms. The maximum absolute atomic E-state index is 6.14. The van der Waals surface area contributed by atoms with E-state index in [1.807, 2.05) is 43.3 Å². The topological polar surface area (TPSA) is 12.9 Å². The summed E-state index contributed by atoms with van der Waals surface area (Å²) in [5, 5.41) is 0.665. The van der Waals surface area contributed by atoms with Gasteiger partial charge in [0.15, 0.2) is 0 Å². The molecule has 0 saturated carbocycles. The zero-order valence-corrected chi connectivity index (χ0v) is 10.5. The summed E-state index contributed by atoms with van der Waals surface area (Å²) in [6, 6.07) is 11.8. The van der Waals surface area contributed by atoms with Crippen LogP contribution in [0, 0.1) is 6.92 Å². The molecule has 2 aromatic rings. The third-order valence-corrected chi connectivity index (χ3v) is 3.24. The molecule has 0 spiro atoms. The van der Waals surface area contributed by atoms with E-state index in [1.54, 1.807) is 0 Å². The van der Waals surface area contributed by atoms with Crippen molar-refractivity contribution in [2.75, 3.05) is 0 Å². The standard InChI is InChI=1S/C12H9BrClN/c1-8-10(13)7-11(14)12(15-8)9-5-3-2-4-6-9/h2-7H,1H3. The van der Waals surface area contributed by atoms with Crippen molar-refractivity contribution in [3.8, 4) is 11.3 Å². The third kappa shape index (κ3) is 2.21. The fourth-order valence-corrected chi connectivity index (χ4v) is 2.07. The molecule has 1 nitrogen and oxygen atoms in total. The summed E-state index contributed by atoms with van der Waals surface area (Å²) >= 11 is 9.55. The lowest BCUT2D eigenvalue weighted by Gasteiger charge is -2.06. The van der Waals surface area contributed by atoms with Crippen LogP contribution in [0.25, 0.3) is 11.3 Å². The number of hydrogen-bond donors (Lipinski definition) is 0.